The van der Waals surface area contributed by atoms with E-state index in [4.69, 9.17) is 23.2 Å². The van der Waals surface area contributed by atoms with Crippen molar-refractivity contribution in [1.29, 1.82) is 0 Å². The standard InChI is InChI=1S/C15H10Cl2N5O2.ClH/c16-12-13(17)19-15(21-8-2-1-3-9-21)20-14(12)18-10-4-6-11(7-5-10)22(23)24;/h1-9H,(H,18,19,20);1H/q+1;/p-1. The fourth-order valence-electron chi connectivity index (χ4n) is 1.94. The molecule has 0 amide bonds. The Hall–Kier alpha value is -2.48. The SMILES string of the molecule is O=[N+]([O-])c1ccc(Nc2nc(-[n+]3ccccc3)nc(Cl)c2Cl)cc1.[Cl-]. The van der Waals surface area contributed by atoms with Crippen molar-refractivity contribution in [3.63, 3.8) is 0 Å². The van der Waals surface area contributed by atoms with Gasteiger partial charge in [0.25, 0.3) is 5.69 Å². The van der Waals surface area contributed by atoms with E-state index in [9.17, 15) is 10.1 Å². The van der Waals surface area contributed by atoms with Gasteiger partial charge in [-0.15, -0.1) is 0 Å². The Morgan fingerprint density at radius 3 is 2.28 bits per heavy atom. The number of non-ortho nitro benzene ring substituents is 1. The summed E-state index contributed by atoms with van der Waals surface area (Å²) in [5, 5.41) is 13.9. The van der Waals surface area contributed by atoms with Gasteiger partial charge in [0.1, 0.15) is 0 Å². The fraction of sp³-hybridized carbons (Fsp3) is 0. The molecule has 0 atom stereocenters. The van der Waals surface area contributed by atoms with Gasteiger partial charge in [-0.05, 0) is 40.9 Å². The van der Waals surface area contributed by atoms with E-state index in [1.54, 1.807) is 29.1 Å². The number of benzene rings is 1. The predicted octanol–water partition coefficient (Wildman–Crippen LogP) is 0.716. The summed E-state index contributed by atoms with van der Waals surface area (Å²) < 4.78 is 1.68. The van der Waals surface area contributed by atoms with E-state index in [-0.39, 0.29) is 28.3 Å². The molecule has 2 aromatic heterocycles. The number of nitrogens with one attached hydrogen (secondary N) is 1. The van der Waals surface area contributed by atoms with Crippen molar-refractivity contribution < 1.29 is 21.9 Å². The zero-order chi connectivity index (χ0) is 17.1. The lowest BCUT2D eigenvalue weighted by Crippen LogP contribution is -3.00. The molecule has 128 valence electrons. The molecule has 0 bridgehead atoms. The second-order valence-electron chi connectivity index (χ2n) is 4.69. The molecule has 1 N–H and O–H groups in total. The molecule has 1 aromatic carbocycles. The van der Waals surface area contributed by atoms with Gasteiger partial charge in [-0.3, -0.25) is 10.1 Å². The molecule has 10 heteroatoms. The van der Waals surface area contributed by atoms with Crippen LogP contribution in [0, 0.1) is 10.1 Å². The van der Waals surface area contributed by atoms with E-state index < -0.39 is 4.92 Å². The molecule has 0 fully saturated rings. The lowest BCUT2D eigenvalue weighted by molar-refractivity contribution is -0.603. The van der Waals surface area contributed by atoms with Gasteiger partial charge in [0.15, 0.2) is 5.02 Å². The van der Waals surface area contributed by atoms with Gasteiger partial charge in [-0.1, -0.05) is 22.7 Å². The van der Waals surface area contributed by atoms with Gasteiger partial charge in [0, 0.05) is 17.8 Å². The first-order valence-corrected chi connectivity index (χ1v) is 7.51. The van der Waals surface area contributed by atoms with Crippen molar-refractivity contribution in [2.45, 2.75) is 0 Å². The van der Waals surface area contributed by atoms with Gasteiger partial charge in [-0.2, -0.15) is 0 Å². The van der Waals surface area contributed by atoms with E-state index in [0.717, 1.165) is 0 Å². The lowest BCUT2D eigenvalue weighted by Gasteiger charge is -2.05. The van der Waals surface area contributed by atoms with Crippen LogP contribution < -0.4 is 22.3 Å². The first kappa shape index (κ1) is 18.9. The maximum Gasteiger partial charge on any atom is 0.440 e. The Morgan fingerprint density at radius 1 is 1.04 bits per heavy atom. The molecule has 0 aliphatic heterocycles. The van der Waals surface area contributed by atoms with Crippen LogP contribution in [0.25, 0.3) is 5.95 Å². The van der Waals surface area contributed by atoms with Gasteiger partial charge in [0.05, 0.1) is 17.3 Å². The quantitative estimate of drug-likeness (QED) is 0.303. The minimum Gasteiger partial charge on any atom is -1.00 e. The van der Waals surface area contributed by atoms with Crippen molar-refractivity contribution in [2.24, 2.45) is 0 Å². The number of halogens is 3. The zero-order valence-electron chi connectivity index (χ0n) is 12.4. The van der Waals surface area contributed by atoms with Crippen LogP contribution in [0.5, 0.6) is 0 Å². The molecule has 3 aromatic rings. The van der Waals surface area contributed by atoms with Crippen molar-refractivity contribution in [1.82, 2.24) is 9.97 Å². The molecule has 3 rings (SSSR count). The monoisotopic (exact) mass is 397 g/mol. The third-order valence-corrected chi connectivity index (χ3v) is 3.81. The van der Waals surface area contributed by atoms with Gasteiger partial charge < -0.3 is 17.7 Å². The van der Waals surface area contributed by atoms with E-state index >= 15 is 0 Å². The van der Waals surface area contributed by atoms with E-state index in [2.05, 4.69) is 15.3 Å². The minimum absolute atomic E-state index is 0. The van der Waals surface area contributed by atoms with E-state index in [0.29, 0.717) is 17.5 Å². The third kappa shape index (κ3) is 4.33. The molecule has 2 heterocycles. The molecule has 0 spiro atoms. The van der Waals surface area contributed by atoms with Crippen LogP contribution in [0.3, 0.4) is 0 Å². The highest BCUT2D eigenvalue weighted by atomic mass is 35.5. The molecule has 0 unspecified atom stereocenters. The first-order valence-electron chi connectivity index (χ1n) is 6.76. The smallest absolute Gasteiger partial charge is 0.440 e. The zero-order valence-corrected chi connectivity index (χ0v) is 14.7. The summed E-state index contributed by atoms with van der Waals surface area (Å²) in [4.78, 5) is 18.7. The average molecular weight is 399 g/mol. The Balaban J connectivity index is 0.00000225. The first-order chi connectivity index (χ1) is 11.5. The van der Waals surface area contributed by atoms with Crippen LogP contribution in [-0.2, 0) is 0 Å². The van der Waals surface area contributed by atoms with Gasteiger partial charge >= 0.3 is 5.95 Å². The Bertz CT molecular complexity index is 892. The number of nitro groups is 1. The summed E-state index contributed by atoms with van der Waals surface area (Å²) in [6, 6.07) is 11.4. The average Bonchev–Trinajstić information content (AvgIpc) is 2.60. The minimum atomic E-state index is -0.470. The van der Waals surface area contributed by atoms with Crippen LogP contribution >= 0.6 is 23.2 Å². The van der Waals surface area contributed by atoms with Crippen molar-refractivity contribution >= 4 is 40.4 Å². The van der Waals surface area contributed by atoms with Gasteiger partial charge in [-0.25, -0.2) is 4.57 Å². The Morgan fingerprint density at radius 2 is 1.68 bits per heavy atom. The van der Waals surface area contributed by atoms with Crippen molar-refractivity contribution in [2.75, 3.05) is 5.32 Å². The second kappa shape index (κ2) is 8.06. The van der Waals surface area contributed by atoms with Crippen LogP contribution in [0.1, 0.15) is 0 Å². The van der Waals surface area contributed by atoms with Gasteiger partial charge in [0.2, 0.25) is 11.0 Å². The molecule has 0 aliphatic carbocycles. The normalized spacial score (nSPS) is 10.0. The molecule has 7 nitrogen and oxygen atoms in total. The number of nitrogens with zero attached hydrogens (tertiary/aromatic N) is 4. The Kier molecular flexibility index (Phi) is 6.08. The van der Waals surface area contributed by atoms with Crippen LogP contribution in [0.2, 0.25) is 10.2 Å². The van der Waals surface area contributed by atoms with E-state index in [1.165, 1.54) is 12.1 Å². The number of hydrogen-bond acceptors (Lipinski definition) is 5. The second-order valence-corrected chi connectivity index (χ2v) is 5.42. The third-order valence-electron chi connectivity index (χ3n) is 3.09. The highest BCUT2D eigenvalue weighted by Crippen LogP contribution is 2.29. The molecule has 0 radical (unpaired) electrons. The Labute approximate surface area is 158 Å². The molecular weight excluding hydrogens is 389 g/mol. The largest absolute Gasteiger partial charge is 1.00 e. The number of nitro benzene ring substituents is 1. The lowest BCUT2D eigenvalue weighted by atomic mass is 10.3. The number of hydrogen-bond donors (Lipinski definition) is 1. The highest BCUT2D eigenvalue weighted by molar-refractivity contribution is 6.42. The molecule has 0 aliphatic rings. The molecule has 0 saturated carbocycles. The fourth-order valence-corrected chi connectivity index (χ4v) is 2.24. The number of anilines is 2. The van der Waals surface area contributed by atoms with E-state index in [1.807, 2.05) is 18.2 Å². The summed E-state index contributed by atoms with van der Waals surface area (Å²) in [5.41, 5.74) is 0.578. The topological polar surface area (TPSA) is 84.8 Å². The number of aromatic nitrogens is 3. The summed E-state index contributed by atoms with van der Waals surface area (Å²) >= 11 is 12.2. The predicted molar refractivity (Wildman–Crippen MR) is 90.0 cm³/mol. The van der Waals surface area contributed by atoms with Crippen LogP contribution in [0.4, 0.5) is 17.2 Å². The number of rotatable bonds is 4. The number of pyridine rings is 1. The molecule has 25 heavy (non-hydrogen) atoms. The summed E-state index contributed by atoms with van der Waals surface area (Å²) in [6.07, 6.45) is 3.55. The van der Waals surface area contributed by atoms with Crippen LogP contribution in [-0.4, -0.2) is 14.9 Å². The molecular formula is C15H10Cl3N5O2. The van der Waals surface area contributed by atoms with Crippen LogP contribution in [0.15, 0.2) is 54.9 Å². The maximum absolute atomic E-state index is 10.7. The highest BCUT2D eigenvalue weighted by Gasteiger charge is 2.21. The van der Waals surface area contributed by atoms with Crippen molar-refractivity contribution in [3.05, 3.63) is 75.1 Å². The van der Waals surface area contributed by atoms with Crippen molar-refractivity contribution in [3.8, 4) is 5.95 Å². The molecule has 0 saturated heterocycles. The summed E-state index contributed by atoms with van der Waals surface area (Å²) in [6.45, 7) is 0. The summed E-state index contributed by atoms with van der Waals surface area (Å²) in [7, 11) is 0. The maximum atomic E-state index is 10.7. The summed E-state index contributed by atoms with van der Waals surface area (Å²) in [5.74, 6) is 0.645.